The molecule has 0 spiro atoms. The van der Waals surface area contributed by atoms with Crippen LogP contribution < -0.4 is 4.74 Å². The molecule has 0 amide bonds. The second kappa shape index (κ2) is 6.66. The van der Waals surface area contributed by atoms with Gasteiger partial charge in [0.05, 0.1) is 13.2 Å². The van der Waals surface area contributed by atoms with E-state index in [0.29, 0.717) is 19.1 Å². The molecule has 1 heterocycles. The molecule has 0 fully saturated rings. The van der Waals surface area contributed by atoms with Crippen LogP contribution >= 0.6 is 0 Å². The fourth-order valence-corrected chi connectivity index (χ4v) is 2.22. The standard InChI is InChI=1S/C17H23NO3/c1-5-20-15-6-7-16-14(10-15)8-9-18(16)13(4)17(19)21-11-12(2)3/h6-10,12-13H,5,11H2,1-4H3. The van der Waals surface area contributed by atoms with Crippen molar-refractivity contribution < 1.29 is 14.3 Å². The van der Waals surface area contributed by atoms with Gasteiger partial charge in [-0.3, -0.25) is 0 Å². The Hall–Kier alpha value is -1.97. The van der Waals surface area contributed by atoms with Crippen molar-refractivity contribution in [2.24, 2.45) is 5.92 Å². The molecule has 0 saturated heterocycles. The number of carbonyl (C=O) groups excluding carboxylic acids is 1. The van der Waals surface area contributed by atoms with E-state index in [9.17, 15) is 4.79 Å². The molecule has 4 nitrogen and oxygen atoms in total. The maximum atomic E-state index is 12.1. The number of nitrogens with zero attached hydrogens (tertiary/aromatic N) is 1. The highest BCUT2D eigenvalue weighted by molar-refractivity contribution is 5.84. The summed E-state index contributed by atoms with van der Waals surface area (Å²) >= 11 is 0. The van der Waals surface area contributed by atoms with Gasteiger partial charge in [-0.2, -0.15) is 0 Å². The van der Waals surface area contributed by atoms with Crippen molar-refractivity contribution in [1.29, 1.82) is 0 Å². The normalized spacial score (nSPS) is 12.6. The Bertz CT molecular complexity index is 616. The molecule has 0 aliphatic heterocycles. The van der Waals surface area contributed by atoms with E-state index in [1.165, 1.54) is 0 Å². The number of esters is 1. The van der Waals surface area contributed by atoms with Crippen LogP contribution in [-0.4, -0.2) is 23.8 Å². The summed E-state index contributed by atoms with van der Waals surface area (Å²) in [5, 5.41) is 1.06. The maximum absolute atomic E-state index is 12.1. The number of fused-ring (bicyclic) bond motifs is 1. The topological polar surface area (TPSA) is 40.5 Å². The summed E-state index contributed by atoms with van der Waals surface area (Å²) in [6.45, 7) is 8.97. The predicted molar refractivity (Wildman–Crippen MR) is 83.6 cm³/mol. The zero-order valence-corrected chi connectivity index (χ0v) is 13.1. The third-order valence-electron chi connectivity index (χ3n) is 3.32. The van der Waals surface area contributed by atoms with Gasteiger partial charge in [-0.05, 0) is 44.0 Å². The molecule has 4 heteroatoms. The maximum Gasteiger partial charge on any atom is 0.328 e. The van der Waals surface area contributed by atoms with Gasteiger partial charge in [-0.25, -0.2) is 4.79 Å². The van der Waals surface area contributed by atoms with E-state index in [1.54, 1.807) is 0 Å². The lowest BCUT2D eigenvalue weighted by Gasteiger charge is -2.15. The summed E-state index contributed by atoms with van der Waals surface area (Å²) in [5.74, 6) is 0.990. The summed E-state index contributed by atoms with van der Waals surface area (Å²) < 4.78 is 12.7. The number of hydrogen-bond acceptors (Lipinski definition) is 3. The molecule has 0 aliphatic carbocycles. The first-order chi connectivity index (χ1) is 10.0. The average Bonchev–Trinajstić information content (AvgIpc) is 2.87. The van der Waals surface area contributed by atoms with Crippen molar-refractivity contribution in [2.75, 3.05) is 13.2 Å². The van der Waals surface area contributed by atoms with Gasteiger partial charge >= 0.3 is 5.97 Å². The average molecular weight is 289 g/mol. The SMILES string of the molecule is CCOc1ccc2c(ccn2C(C)C(=O)OCC(C)C)c1. The fraction of sp³-hybridized carbons (Fsp3) is 0.471. The number of aromatic nitrogens is 1. The zero-order valence-electron chi connectivity index (χ0n) is 13.1. The van der Waals surface area contributed by atoms with E-state index in [2.05, 4.69) is 0 Å². The molecule has 21 heavy (non-hydrogen) atoms. The molecular formula is C17H23NO3. The van der Waals surface area contributed by atoms with Crippen molar-refractivity contribution in [2.45, 2.75) is 33.7 Å². The van der Waals surface area contributed by atoms with Crippen molar-refractivity contribution in [1.82, 2.24) is 4.57 Å². The van der Waals surface area contributed by atoms with Gasteiger partial charge in [0.25, 0.3) is 0 Å². The van der Waals surface area contributed by atoms with Crippen LogP contribution in [-0.2, 0) is 9.53 Å². The van der Waals surface area contributed by atoms with Crippen molar-refractivity contribution >= 4 is 16.9 Å². The van der Waals surface area contributed by atoms with Crippen LogP contribution in [0.25, 0.3) is 10.9 Å². The van der Waals surface area contributed by atoms with Crippen LogP contribution in [0.15, 0.2) is 30.5 Å². The first-order valence-electron chi connectivity index (χ1n) is 7.43. The van der Waals surface area contributed by atoms with Gasteiger partial charge in [0.2, 0.25) is 0 Å². The van der Waals surface area contributed by atoms with Gasteiger partial charge in [-0.15, -0.1) is 0 Å². The van der Waals surface area contributed by atoms with E-state index >= 15 is 0 Å². The molecule has 114 valence electrons. The number of hydrogen-bond donors (Lipinski definition) is 0. The molecule has 0 saturated carbocycles. The minimum Gasteiger partial charge on any atom is -0.494 e. The molecular weight excluding hydrogens is 266 g/mol. The van der Waals surface area contributed by atoms with Gasteiger partial charge in [-0.1, -0.05) is 13.8 Å². The Morgan fingerprint density at radius 2 is 2.00 bits per heavy atom. The second-order valence-electron chi connectivity index (χ2n) is 5.58. The number of benzene rings is 1. The lowest BCUT2D eigenvalue weighted by molar-refractivity contribution is -0.148. The van der Waals surface area contributed by atoms with E-state index < -0.39 is 0 Å². The highest BCUT2D eigenvalue weighted by atomic mass is 16.5. The minimum atomic E-state index is -0.334. The molecule has 1 atom stereocenters. The van der Waals surface area contributed by atoms with Crippen LogP contribution in [0.4, 0.5) is 0 Å². The van der Waals surface area contributed by atoms with Gasteiger partial charge in [0.1, 0.15) is 11.8 Å². The van der Waals surface area contributed by atoms with Crippen LogP contribution in [0.1, 0.15) is 33.7 Å². The number of ether oxygens (including phenoxy) is 2. The molecule has 2 rings (SSSR count). The highest BCUT2D eigenvalue weighted by Gasteiger charge is 2.18. The monoisotopic (exact) mass is 289 g/mol. The Balaban J connectivity index is 2.19. The predicted octanol–water partition coefficient (Wildman–Crippen LogP) is 3.80. The molecule has 0 N–H and O–H groups in total. The molecule has 1 aromatic carbocycles. The zero-order chi connectivity index (χ0) is 15.4. The Kier molecular flexibility index (Phi) is 4.89. The van der Waals surface area contributed by atoms with Crippen molar-refractivity contribution in [3.05, 3.63) is 30.5 Å². The number of rotatable bonds is 6. The van der Waals surface area contributed by atoms with E-state index in [4.69, 9.17) is 9.47 Å². The molecule has 2 aromatic rings. The first-order valence-corrected chi connectivity index (χ1v) is 7.43. The fourth-order valence-electron chi connectivity index (χ4n) is 2.22. The Labute approximate surface area is 125 Å². The van der Waals surface area contributed by atoms with Gasteiger partial charge in [0, 0.05) is 17.1 Å². The summed E-state index contributed by atoms with van der Waals surface area (Å²) in [6, 6.07) is 7.55. The highest BCUT2D eigenvalue weighted by Crippen LogP contribution is 2.25. The Morgan fingerprint density at radius 3 is 2.67 bits per heavy atom. The van der Waals surface area contributed by atoms with E-state index in [-0.39, 0.29) is 12.0 Å². The largest absolute Gasteiger partial charge is 0.494 e. The first kappa shape index (κ1) is 15.4. The number of carbonyl (C=O) groups is 1. The second-order valence-corrected chi connectivity index (χ2v) is 5.58. The lowest BCUT2D eigenvalue weighted by Crippen LogP contribution is -2.20. The van der Waals surface area contributed by atoms with Gasteiger partial charge in [0.15, 0.2) is 0 Å². The summed E-state index contributed by atoms with van der Waals surface area (Å²) in [5.41, 5.74) is 1.01. The quantitative estimate of drug-likeness (QED) is 0.759. The molecule has 1 unspecified atom stereocenters. The molecule has 0 aliphatic rings. The third kappa shape index (κ3) is 3.57. The van der Waals surface area contributed by atoms with Crippen LogP contribution in [0, 0.1) is 5.92 Å². The smallest absolute Gasteiger partial charge is 0.328 e. The molecule has 0 bridgehead atoms. The Morgan fingerprint density at radius 1 is 1.24 bits per heavy atom. The summed E-state index contributed by atoms with van der Waals surface area (Å²) in [6.07, 6.45) is 1.92. The van der Waals surface area contributed by atoms with E-state index in [0.717, 1.165) is 16.7 Å². The van der Waals surface area contributed by atoms with Crippen LogP contribution in [0.3, 0.4) is 0 Å². The molecule has 0 radical (unpaired) electrons. The third-order valence-corrected chi connectivity index (χ3v) is 3.32. The minimum absolute atomic E-state index is 0.199. The van der Waals surface area contributed by atoms with Crippen LogP contribution in [0.2, 0.25) is 0 Å². The van der Waals surface area contributed by atoms with Crippen molar-refractivity contribution in [3.63, 3.8) is 0 Å². The van der Waals surface area contributed by atoms with Crippen LogP contribution in [0.5, 0.6) is 5.75 Å². The van der Waals surface area contributed by atoms with E-state index in [1.807, 2.05) is 62.7 Å². The lowest BCUT2D eigenvalue weighted by atomic mass is 10.2. The van der Waals surface area contributed by atoms with Crippen molar-refractivity contribution in [3.8, 4) is 5.75 Å². The summed E-state index contributed by atoms with van der Waals surface area (Å²) in [4.78, 5) is 12.1. The summed E-state index contributed by atoms with van der Waals surface area (Å²) in [7, 11) is 0. The molecule has 1 aromatic heterocycles. The van der Waals surface area contributed by atoms with Gasteiger partial charge < -0.3 is 14.0 Å².